The zero-order chi connectivity index (χ0) is 18.4. The van der Waals surface area contributed by atoms with Crippen LogP contribution in [0.3, 0.4) is 0 Å². The average Bonchev–Trinajstić information content (AvgIpc) is 2.69. The molecule has 0 saturated heterocycles. The summed E-state index contributed by atoms with van der Waals surface area (Å²) in [6, 6.07) is 22.9. The SMILES string of the molecule is O=C(NNC(=S)Nc1ccc(F)cc1)c1ccc(-c2ccccc2)cc1. The Hall–Kier alpha value is -3.25. The highest BCUT2D eigenvalue weighted by atomic mass is 32.1. The number of amides is 1. The van der Waals surface area contributed by atoms with Gasteiger partial charge in [-0.25, -0.2) is 4.39 Å². The molecular weight excluding hydrogens is 349 g/mol. The number of anilines is 1. The van der Waals surface area contributed by atoms with E-state index in [1.807, 2.05) is 42.5 Å². The van der Waals surface area contributed by atoms with E-state index in [0.29, 0.717) is 11.3 Å². The summed E-state index contributed by atoms with van der Waals surface area (Å²) in [5.74, 6) is -0.644. The number of hydrogen-bond donors (Lipinski definition) is 3. The van der Waals surface area contributed by atoms with Crippen molar-refractivity contribution in [3.05, 3.63) is 90.2 Å². The second-order valence-corrected chi connectivity index (χ2v) is 5.89. The highest BCUT2D eigenvalue weighted by molar-refractivity contribution is 7.80. The molecule has 0 atom stereocenters. The molecule has 0 heterocycles. The second kappa shape index (κ2) is 8.22. The minimum atomic E-state index is -0.332. The molecule has 0 aromatic heterocycles. The van der Waals surface area contributed by atoms with E-state index >= 15 is 0 Å². The maximum Gasteiger partial charge on any atom is 0.269 e. The van der Waals surface area contributed by atoms with Gasteiger partial charge in [-0.2, -0.15) is 0 Å². The van der Waals surface area contributed by atoms with Crippen molar-refractivity contribution in [2.75, 3.05) is 5.32 Å². The topological polar surface area (TPSA) is 53.2 Å². The highest BCUT2D eigenvalue weighted by Crippen LogP contribution is 2.19. The monoisotopic (exact) mass is 365 g/mol. The summed E-state index contributed by atoms with van der Waals surface area (Å²) in [5.41, 5.74) is 8.37. The quantitative estimate of drug-likeness (QED) is 0.483. The van der Waals surface area contributed by atoms with Crippen LogP contribution < -0.4 is 16.2 Å². The smallest absolute Gasteiger partial charge is 0.269 e. The lowest BCUT2D eigenvalue weighted by Gasteiger charge is -2.12. The van der Waals surface area contributed by atoms with E-state index < -0.39 is 0 Å². The number of nitrogens with one attached hydrogen (secondary N) is 3. The Labute approximate surface area is 156 Å². The van der Waals surface area contributed by atoms with Crippen LogP contribution in [-0.4, -0.2) is 11.0 Å². The van der Waals surface area contributed by atoms with E-state index in [-0.39, 0.29) is 16.8 Å². The Morgan fingerprint density at radius 1 is 0.769 bits per heavy atom. The lowest BCUT2D eigenvalue weighted by atomic mass is 10.0. The summed E-state index contributed by atoms with van der Waals surface area (Å²) in [4.78, 5) is 12.2. The Morgan fingerprint density at radius 2 is 1.38 bits per heavy atom. The zero-order valence-corrected chi connectivity index (χ0v) is 14.5. The molecule has 3 rings (SSSR count). The molecule has 0 saturated carbocycles. The van der Waals surface area contributed by atoms with Crippen LogP contribution >= 0.6 is 12.2 Å². The molecule has 3 aromatic carbocycles. The van der Waals surface area contributed by atoms with Crippen molar-refractivity contribution < 1.29 is 9.18 Å². The van der Waals surface area contributed by atoms with E-state index in [4.69, 9.17) is 12.2 Å². The fraction of sp³-hybridized carbons (Fsp3) is 0. The molecule has 0 aliphatic carbocycles. The van der Waals surface area contributed by atoms with Crippen molar-refractivity contribution >= 4 is 28.9 Å². The summed E-state index contributed by atoms with van der Waals surface area (Å²) in [7, 11) is 0. The summed E-state index contributed by atoms with van der Waals surface area (Å²) < 4.78 is 12.9. The van der Waals surface area contributed by atoms with E-state index in [1.165, 1.54) is 12.1 Å². The van der Waals surface area contributed by atoms with Gasteiger partial charge >= 0.3 is 0 Å². The van der Waals surface area contributed by atoms with Gasteiger partial charge in [-0.05, 0) is 59.7 Å². The molecule has 0 bridgehead atoms. The van der Waals surface area contributed by atoms with Crippen LogP contribution in [0.5, 0.6) is 0 Å². The largest absolute Gasteiger partial charge is 0.331 e. The summed E-state index contributed by atoms with van der Waals surface area (Å²) >= 11 is 5.09. The molecular formula is C20H16FN3OS. The maximum absolute atomic E-state index is 12.9. The Kier molecular flexibility index (Phi) is 5.56. The number of rotatable bonds is 3. The van der Waals surface area contributed by atoms with Gasteiger partial charge in [-0.1, -0.05) is 42.5 Å². The molecule has 3 N–H and O–H groups in total. The third-order valence-corrected chi connectivity index (χ3v) is 3.85. The van der Waals surface area contributed by atoms with Gasteiger partial charge in [0.15, 0.2) is 5.11 Å². The molecule has 0 aliphatic rings. The number of hydrogen-bond acceptors (Lipinski definition) is 2. The predicted molar refractivity (Wildman–Crippen MR) is 105 cm³/mol. The summed E-state index contributed by atoms with van der Waals surface area (Å²) in [5, 5.41) is 3.05. The Bertz CT molecular complexity index is 897. The number of halogens is 1. The van der Waals surface area contributed by atoms with Crippen LogP contribution in [0.15, 0.2) is 78.9 Å². The van der Waals surface area contributed by atoms with Gasteiger partial charge in [-0.3, -0.25) is 15.6 Å². The molecule has 0 unspecified atom stereocenters. The fourth-order valence-electron chi connectivity index (χ4n) is 2.33. The number of benzene rings is 3. The molecule has 0 fully saturated rings. The third kappa shape index (κ3) is 4.64. The van der Waals surface area contributed by atoms with Gasteiger partial charge in [0.25, 0.3) is 5.91 Å². The highest BCUT2D eigenvalue weighted by Gasteiger charge is 2.06. The zero-order valence-electron chi connectivity index (χ0n) is 13.7. The number of carbonyl (C=O) groups excluding carboxylic acids is 1. The molecule has 1 amide bonds. The van der Waals surface area contributed by atoms with Crippen LogP contribution in [0.2, 0.25) is 0 Å². The molecule has 3 aromatic rings. The molecule has 26 heavy (non-hydrogen) atoms. The van der Waals surface area contributed by atoms with Gasteiger partial charge < -0.3 is 5.32 Å². The molecule has 0 spiro atoms. The fourth-order valence-corrected chi connectivity index (χ4v) is 2.49. The van der Waals surface area contributed by atoms with Crippen molar-refractivity contribution in [1.29, 1.82) is 0 Å². The summed E-state index contributed by atoms with van der Waals surface area (Å²) in [6.45, 7) is 0. The van der Waals surface area contributed by atoms with Gasteiger partial charge in [-0.15, -0.1) is 0 Å². The first-order chi connectivity index (χ1) is 12.6. The lowest BCUT2D eigenvalue weighted by molar-refractivity contribution is 0.0944. The van der Waals surface area contributed by atoms with Crippen molar-refractivity contribution in [3.63, 3.8) is 0 Å². The minimum Gasteiger partial charge on any atom is -0.331 e. The van der Waals surface area contributed by atoms with Crippen LogP contribution in [0, 0.1) is 5.82 Å². The van der Waals surface area contributed by atoms with Gasteiger partial charge in [0.1, 0.15) is 5.82 Å². The first kappa shape index (κ1) is 17.6. The van der Waals surface area contributed by atoms with Crippen LogP contribution in [0.25, 0.3) is 11.1 Å². The normalized spacial score (nSPS) is 10.0. The molecule has 6 heteroatoms. The van der Waals surface area contributed by atoms with Crippen molar-refractivity contribution in [2.24, 2.45) is 0 Å². The van der Waals surface area contributed by atoms with E-state index in [2.05, 4.69) is 16.2 Å². The maximum atomic E-state index is 12.9. The van der Waals surface area contributed by atoms with Crippen molar-refractivity contribution in [1.82, 2.24) is 10.9 Å². The number of hydrazine groups is 1. The van der Waals surface area contributed by atoms with E-state index in [9.17, 15) is 9.18 Å². The Balaban J connectivity index is 1.54. The number of thiocarbonyl (C=S) groups is 1. The average molecular weight is 365 g/mol. The molecule has 130 valence electrons. The lowest BCUT2D eigenvalue weighted by Crippen LogP contribution is -2.43. The predicted octanol–water partition coefficient (Wildman–Crippen LogP) is 4.12. The van der Waals surface area contributed by atoms with E-state index in [1.54, 1.807) is 24.3 Å². The summed E-state index contributed by atoms with van der Waals surface area (Å²) in [6.07, 6.45) is 0. The standard InChI is InChI=1S/C20H16FN3OS/c21-17-10-12-18(13-11-17)22-20(26)24-23-19(25)16-8-6-15(7-9-16)14-4-2-1-3-5-14/h1-13H,(H,23,25)(H2,22,24,26). The van der Waals surface area contributed by atoms with Gasteiger partial charge in [0.2, 0.25) is 0 Å². The molecule has 0 radical (unpaired) electrons. The minimum absolute atomic E-state index is 0.200. The number of carbonyl (C=O) groups is 1. The molecule has 0 aliphatic heterocycles. The first-order valence-corrected chi connectivity index (χ1v) is 8.31. The van der Waals surface area contributed by atoms with Crippen molar-refractivity contribution in [2.45, 2.75) is 0 Å². The molecule has 4 nitrogen and oxygen atoms in total. The van der Waals surface area contributed by atoms with Gasteiger partial charge in [0, 0.05) is 11.3 Å². The van der Waals surface area contributed by atoms with Crippen LogP contribution in [0.1, 0.15) is 10.4 Å². The van der Waals surface area contributed by atoms with Crippen LogP contribution in [-0.2, 0) is 0 Å². The van der Waals surface area contributed by atoms with Crippen LogP contribution in [0.4, 0.5) is 10.1 Å². The van der Waals surface area contributed by atoms with E-state index in [0.717, 1.165) is 11.1 Å². The second-order valence-electron chi connectivity index (χ2n) is 5.48. The Morgan fingerprint density at radius 3 is 2.04 bits per heavy atom. The van der Waals surface area contributed by atoms with Gasteiger partial charge in [0.05, 0.1) is 0 Å². The first-order valence-electron chi connectivity index (χ1n) is 7.90. The van der Waals surface area contributed by atoms with Crippen molar-refractivity contribution in [3.8, 4) is 11.1 Å². The third-order valence-electron chi connectivity index (χ3n) is 3.65.